The Labute approximate surface area is 112 Å². The molecule has 2 heterocycles. The number of fused-ring (bicyclic) bond motifs is 1. The number of aryl methyl sites for hydroxylation is 1. The summed E-state index contributed by atoms with van der Waals surface area (Å²) in [6.45, 7) is 2.01. The largest absolute Gasteiger partial charge is 0.298 e. The van der Waals surface area contributed by atoms with Crippen LogP contribution in [0.1, 0.15) is 5.56 Å². The Kier molecular flexibility index (Phi) is 2.67. The van der Waals surface area contributed by atoms with Gasteiger partial charge in [0.25, 0.3) is 0 Å². The Morgan fingerprint density at radius 3 is 2.72 bits per heavy atom. The average molecular weight is 305 g/mol. The van der Waals surface area contributed by atoms with E-state index in [0.29, 0.717) is 11.4 Å². The summed E-state index contributed by atoms with van der Waals surface area (Å²) < 4.78 is 16.5. The first-order chi connectivity index (χ1) is 8.68. The molecule has 3 rings (SSSR count). The van der Waals surface area contributed by atoms with Crippen LogP contribution in [0.15, 0.2) is 47.2 Å². The zero-order valence-corrected chi connectivity index (χ0v) is 11.3. The van der Waals surface area contributed by atoms with E-state index in [2.05, 4.69) is 20.9 Å². The number of hydrogen-bond donors (Lipinski definition) is 0. The predicted octanol–water partition coefficient (Wildman–Crippen LogP) is 4.21. The van der Waals surface area contributed by atoms with Gasteiger partial charge in [-0.25, -0.2) is 9.37 Å². The van der Waals surface area contributed by atoms with Crippen LogP contribution in [0.2, 0.25) is 0 Å². The van der Waals surface area contributed by atoms with Crippen molar-refractivity contribution in [3.8, 4) is 11.4 Å². The standard InChI is InChI=1S/C14H10BrFN2/c1-9-5-4-8-18-12(9)13(15)17-14(18)10-6-2-3-7-11(10)16/h2-8H,1H3. The number of pyridine rings is 1. The van der Waals surface area contributed by atoms with Crippen molar-refractivity contribution in [3.63, 3.8) is 0 Å². The second-order valence-corrected chi connectivity index (χ2v) is 4.87. The zero-order valence-electron chi connectivity index (χ0n) is 9.69. The Morgan fingerprint density at radius 2 is 1.94 bits per heavy atom. The minimum absolute atomic E-state index is 0.265. The molecule has 18 heavy (non-hydrogen) atoms. The summed E-state index contributed by atoms with van der Waals surface area (Å²) in [5, 5.41) is 0. The van der Waals surface area contributed by atoms with Gasteiger partial charge in [-0.3, -0.25) is 4.40 Å². The summed E-state index contributed by atoms with van der Waals surface area (Å²) in [5.74, 6) is 0.345. The first-order valence-corrected chi connectivity index (χ1v) is 6.36. The molecule has 4 heteroatoms. The van der Waals surface area contributed by atoms with Crippen LogP contribution in [-0.2, 0) is 0 Å². The number of benzene rings is 1. The lowest BCUT2D eigenvalue weighted by molar-refractivity contribution is 0.630. The van der Waals surface area contributed by atoms with Crippen LogP contribution in [0, 0.1) is 12.7 Å². The topological polar surface area (TPSA) is 17.3 Å². The van der Waals surface area contributed by atoms with Crippen molar-refractivity contribution in [1.82, 2.24) is 9.38 Å². The average Bonchev–Trinajstić information content (AvgIpc) is 2.69. The van der Waals surface area contributed by atoms with Gasteiger partial charge in [0.05, 0.1) is 11.1 Å². The minimum Gasteiger partial charge on any atom is -0.298 e. The molecule has 0 N–H and O–H groups in total. The SMILES string of the molecule is Cc1cccn2c(-c3ccccc3F)nc(Br)c12. The van der Waals surface area contributed by atoms with E-state index in [1.807, 2.05) is 35.7 Å². The Hall–Kier alpha value is -1.68. The van der Waals surface area contributed by atoms with Crippen LogP contribution in [0.5, 0.6) is 0 Å². The van der Waals surface area contributed by atoms with Gasteiger partial charge >= 0.3 is 0 Å². The van der Waals surface area contributed by atoms with Crippen molar-refractivity contribution in [1.29, 1.82) is 0 Å². The maximum atomic E-state index is 13.8. The Balaban J connectivity index is 2.38. The number of aromatic nitrogens is 2. The van der Waals surface area contributed by atoms with Crippen LogP contribution < -0.4 is 0 Å². The maximum Gasteiger partial charge on any atom is 0.148 e. The molecule has 1 aromatic carbocycles. The van der Waals surface area contributed by atoms with E-state index in [4.69, 9.17) is 0 Å². The van der Waals surface area contributed by atoms with E-state index in [-0.39, 0.29) is 5.82 Å². The van der Waals surface area contributed by atoms with Gasteiger partial charge in [0.2, 0.25) is 0 Å². The summed E-state index contributed by atoms with van der Waals surface area (Å²) >= 11 is 3.44. The van der Waals surface area contributed by atoms with Gasteiger partial charge in [0.1, 0.15) is 16.2 Å². The highest BCUT2D eigenvalue weighted by Gasteiger charge is 2.14. The monoisotopic (exact) mass is 304 g/mol. The van der Waals surface area contributed by atoms with E-state index in [9.17, 15) is 4.39 Å². The third-order valence-corrected chi connectivity index (χ3v) is 3.49. The molecule has 2 nitrogen and oxygen atoms in total. The molecule has 0 bridgehead atoms. The van der Waals surface area contributed by atoms with E-state index in [1.165, 1.54) is 6.07 Å². The summed E-state index contributed by atoms with van der Waals surface area (Å²) in [6.07, 6.45) is 1.89. The molecule has 0 saturated heterocycles. The molecule has 90 valence electrons. The van der Waals surface area contributed by atoms with Crippen molar-refractivity contribution >= 4 is 21.4 Å². The quantitative estimate of drug-likeness (QED) is 0.658. The van der Waals surface area contributed by atoms with Gasteiger partial charge in [-0.05, 0) is 46.6 Å². The summed E-state index contributed by atoms with van der Waals surface area (Å²) in [6, 6.07) is 10.6. The number of imidazole rings is 1. The van der Waals surface area contributed by atoms with Crippen molar-refractivity contribution in [2.75, 3.05) is 0 Å². The second kappa shape index (κ2) is 4.21. The normalized spacial score (nSPS) is 11.1. The lowest BCUT2D eigenvalue weighted by Crippen LogP contribution is -1.92. The van der Waals surface area contributed by atoms with Crippen molar-refractivity contribution in [2.45, 2.75) is 6.92 Å². The van der Waals surface area contributed by atoms with Crippen LogP contribution >= 0.6 is 15.9 Å². The third-order valence-electron chi connectivity index (χ3n) is 2.94. The second-order valence-electron chi connectivity index (χ2n) is 4.12. The predicted molar refractivity (Wildman–Crippen MR) is 73.0 cm³/mol. The molecule has 0 unspecified atom stereocenters. The lowest BCUT2D eigenvalue weighted by Gasteiger charge is -2.03. The van der Waals surface area contributed by atoms with E-state index >= 15 is 0 Å². The van der Waals surface area contributed by atoms with E-state index in [1.54, 1.807) is 12.1 Å². The summed E-state index contributed by atoms with van der Waals surface area (Å²) in [4.78, 5) is 4.42. The maximum absolute atomic E-state index is 13.8. The fraction of sp³-hybridized carbons (Fsp3) is 0.0714. The molecule has 0 aliphatic heterocycles. The smallest absolute Gasteiger partial charge is 0.148 e. The van der Waals surface area contributed by atoms with Gasteiger partial charge in [-0.15, -0.1) is 0 Å². The van der Waals surface area contributed by atoms with Crippen LogP contribution in [0.4, 0.5) is 4.39 Å². The van der Waals surface area contributed by atoms with Crippen LogP contribution in [0.25, 0.3) is 16.9 Å². The highest BCUT2D eigenvalue weighted by atomic mass is 79.9. The molecule has 0 spiro atoms. The molecule has 3 aromatic rings. The molecular weight excluding hydrogens is 295 g/mol. The Morgan fingerprint density at radius 1 is 1.17 bits per heavy atom. The highest BCUT2D eigenvalue weighted by molar-refractivity contribution is 9.10. The van der Waals surface area contributed by atoms with E-state index < -0.39 is 0 Å². The third kappa shape index (κ3) is 1.64. The molecule has 0 amide bonds. The lowest BCUT2D eigenvalue weighted by atomic mass is 10.2. The molecule has 0 fully saturated rings. The van der Waals surface area contributed by atoms with Gasteiger partial charge in [0, 0.05) is 6.20 Å². The number of halogens is 2. The molecular formula is C14H10BrFN2. The minimum atomic E-state index is -0.265. The highest BCUT2D eigenvalue weighted by Crippen LogP contribution is 2.29. The molecule has 0 radical (unpaired) electrons. The number of nitrogens with zero attached hydrogens (tertiary/aromatic N) is 2. The summed E-state index contributed by atoms with van der Waals surface area (Å²) in [5.41, 5.74) is 2.57. The van der Waals surface area contributed by atoms with Crippen molar-refractivity contribution in [3.05, 3.63) is 58.6 Å². The van der Waals surface area contributed by atoms with Crippen molar-refractivity contribution < 1.29 is 4.39 Å². The molecule has 2 aromatic heterocycles. The zero-order chi connectivity index (χ0) is 12.7. The molecule has 0 saturated carbocycles. The van der Waals surface area contributed by atoms with Gasteiger partial charge in [0.15, 0.2) is 0 Å². The summed E-state index contributed by atoms with van der Waals surface area (Å²) in [7, 11) is 0. The van der Waals surface area contributed by atoms with E-state index in [0.717, 1.165) is 15.7 Å². The molecule has 0 aliphatic rings. The number of hydrogen-bond acceptors (Lipinski definition) is 1. The molecule has 0 atom stereocenters. The first kappa shape index (κ1) is 11.4. The number of rotatable bonds is 1. The fourth-order valence-corrected chi connectivity index (χ4v) is 2.76. The first-order valence-electron chi connectivity index (χ1n) is 5.56. The van der Waals surface area contributed by atoms with Crippen LogP contribution in [0.3, 0.4) is 0 Å². The van der Waals surface area contributed by atoms with Crippen LogP contribution in [-0.4, -0.2) is 9.38 Å². The van der Waals surface area contributed by atoms with Gasteiger partial charge < -0.3 is 0 Å². The van der Waals surface area contributed by atoms with Gasteiger partial charge in [-0.1, -0.05) is 18.2 Å². The Bertz CT molecular complexity index is 734. The van der Waals surface area contributed by atoms with Gasteiger partial charge in [-0.2, -0.15) is 0 Å². The molecule has 0 aliphatic carbocycles. The van der Waals surface area contributed by atoms with Crippen molar-refractivity contribution in [2.24, 2.45) is 0 Å². The fourth-order valence-electron chi connectivity index (χ4n) is 2.09.